The van der Waals surface area contributed by atoms with E-state index in [0.29, 0.717) is 6.54 Å². The first-order valence-electron chi connectivity index (χ1n) is 8.53. The lowest BCUT2D eigenvalue weighted by atomic mass is 10.2. The lowest BCUT2D eigenvalue weighted by molar-refractivity contribution is -0.122. The Labute approximate surface area is 134 Å². The molecule has 4 heteroatoms. The lowest BCUT2D eigenvalue weighted by Crippen LogP contribution is -2.49. The summed E-state index contributed by atoms with van der Waals surface area (Å²) in [6.45, 7) is 8.60. The first kappa shape index (κ1) is 17.0. The molecular formula is C18H29N3O. The van der Waals surface area contributed by atoms with Crippen molar-refractivity contribution in [1.29, 1.82) is 0 Å². The molecule has 0 radical (unpaired) electrons. The van der Waals surface area contributed by atoms with Crippen molar-refractivity contribution < 1.29 is 4.79 Å². The summed E-state index contributed by atoms with van der Waals surface area (Å²) in [5, 5.41) is 3.02. The molecule has 4 nitrogen and oxygen atoms in total. The van der Waals surface area contributed by atoms with Crippen molar-refractivity contribution in [3.05, 3.63) is 35.9 Å². The maximum absolute atomic E-state index is 11.9. The molecule has 1 aliphatic rings. The van der Waals surface area contributed by atoms with Gasteiger partial charge in [0.25, 0.3) is 0 Å². The molecule has 0 saturated carbocycles. The number of nitrogens with one attached hydrogen (secondary N) is 1. The standard InChI is InChI=1S/C18H29N3O/c1-2-3-7-10-19-18(22)16-21-13-11-20(12-14-21)15-17-8-5-4-6-9-17/h4-6,8-9H,2-3,7,10-16H2,1H3,(H,19,22). The highest BCUT2D eigenvalue weighted by Gasteiger charge is 2.18. The van der Waals surface area contributed by atoms with Crippen LogP contribution in [-0.4, -0.2) is 55.0 Å². The van der Waals surface area contributed by atoms with Crippen LogP contribution in [0.1, 0.15) is 31.7 Å². The number of carbonyl (C=O) groups excluding carboxylic acids is 1. The molecule has 1 amide bonds. The smallest absolute Gasteiger partial charge is 0.234 e. The van der Waals surface area contributed by atoms with Crippen LogP contribution in [0.2, 0.25) is 0 Å². The maximum atomic E-state index is 11.9. The van der Waals surface area contributed by atoms with E-state index < -0.39 is 0 Å². The molecule has 1 N–H and O–H groups in total. The number of amides is 1. The third kappa shape index (κ3) is 6.16. The van der Waals surface area contributed by atoms with Crippen LogP contribution in [0, 0.1) is 0 Å². The number of hydrogen-bond donors (Lipinski definition) is 1. The van der Waals surface area contributed by atoms with Gasteiger partial charge in [0, 0.05) is 39.3 Å². The monoisotopic (exact) mass is 303 g/mol. The second-order valence-electron chi connectivity index (χ2n) is 6.09. The van der Waals surface area contributed by atoms with Crippen molar-refractivity contribution in [3.63, 3.8) is 0 Å². The van der Waals surface area contributed by atoms with Gasteiger partial charge in [-0.05, 0) is 12.0 Å². The Morgan fingerprint density at radius 3 is 2.41 bits per heavy atom. The molecule has 2 rings (SSSR count). The summed E-state index contributed by atoms with van der Waals surface area (Å²) in [4.78, 5) is 16.6. The summed E-state index contributed by atoms with van der Waals surface area (Å²) in [6.07, 6.45) is 3.48. The Hall–Kier alpha value is -1.39. The molecule has 0 bridgehead atoms. The number of hydrogen-bond acceptors (Lipinski definition) is 3. The van der Waals surface area contributed by atoms with Crippen molar-refractivity contribution in [3.8, 4) is 0 Å². The molecule has 1 aromatic rings. The zero-order chi connectivity index (χ0) is 15.6. The highest BCUT2D eigenvalue weighted by molar-refractivity contribution is 5.77. The van der Waals surface area contributed by atoms with Gasteiger partial charge in [-0.25, -0.2) is 0 Å². The minimum absolute atomic E-state index is 0.174. The van der Waals surface area contributed by atoms with Gasteiger partial charge in [-0.3, -0.25) is 14.6 Å². The zero-order valence-electron chi connectivity index (χ0n) is 13.8. The van der Waals surface area contributed by atoms with Crippen molar-refractivity contribution in [2.45, 2.75) is 32.7 Å². The van der Waals surface area contributed by atoms with Crippen molar-refractivity contribution >= 4 is 5.91 Å². The summed E-state index contributed by atoms with van der Waals surface area (Å²) in [5.41, 5.74) is 1.37. The first-order chi connectivity index (χ1) is 10.8. The van der Waals surface area contributed by atoms with Crippen LogP contribution < -0.4 is 5.32 Å². The Morgan fingerprint density at radius 1 is 1.05 bits per heavy atom. The Balaban J connectivity index is 1.61. The van der Waals surface area contributed by atoms with Gasteiger partial charge in [0.15, 0.2) is 0 Å². The molecule has 0 atom stereocenters. The van der Waals surface area contributed by atoms with E-state index in [1.165, 1.54) is 18.4 Å². The first-order valence-corrected chi connectivity index (χ1v) is 8.53. The average molecular weight is 303 g/mol. The summed E-state index contributed by atoms with van der Waals surface area (Å²) in [5.74, 6) is 0.174. The van der Waals surface area contributed by atoms with Gasteiger partial charge >= 0.3 is 0 Å². The molecule has 0 spiro atoms. The molecule has 1 aromatic carbocycles. The topological polar surface area (TPSA) is 35.6 Å². The van der Waals surface area contributed by atoms with Crippen LogP contribution >= 0.6 is 0 Å². The number of piperazine rings is 1. The number of benzene rings is 1. The van der Waals surface area contributed by atoms with E-state index >= 15 is 0 Å². The van der Waals surface area contributed by atoms with E-state index in [0.717, 1.165) is 45.7 Å². The maximum Gasteiger partial charge on any atom is 0.234 e. The Kier molecular flexibility index (Phi) is 7.40. The van der Waals surface area contributed by atoms with E-state index in [9.17, 15) is 4.79 Å². The van der Waals surface area contributed by atoms with E-state index in [1.54, 1.807) is 0 Å². The molecule has 0 aromatic heterocycles. The third-order valence-corrected chi connectivity index (χ3v) is 4.18. The molecule has 1 fully saturated rings. The second kappa shape index (κ2) is 9.59. The van der Waals surface area contributed by atoms with Gasteiger partial charge in [0.05, 0.1) is 6.54 Å². The van der Waals surface area contributed by atoms with Crippen molar-refractivity contribution in [2.24, 2.45) is 0 Å². The van der Waals surface area contributed by atoms with Crippen LogP contribution in [0.25, 0.3) is 0 Å². The SMILES string of the molecule is CCCCCNC(=O)CN1CCN(Cc2ccccc2)CC1. The van der Waals surface area contributed by atoms with Gasteiger partial charge in [-0.1, -0.05) is 50.1 Å². The normalized spacial score (nSPS) is 16.6. The summed E-state index contributed by atoms with van der Waals surface area (Å²) in [6, 6.07) is 10.6. The van der Waals surface area contributed by atoms with Gasteiger partial charge in [-0.2, -0.15) is 0 Å². The Bertz CT molecular complexity index is 427. The molecule has 1 saturated heterocycles. The molecule has 0 aliphatic carbocycles. The number of unbranched alkanes of at least 4 members (excludes halogenated alkanes) is 2. The van der Waals surface area contributed by atoms with E-state index in [2.05, 4.69) is 52.4 Å². The van der Waals surface area contributed by atoms with E-state index in [1.807, 2.05) is 0 Å². The van der Waals surface area contributed by atoms with Crippen LogP contribution in [0.15, 0.2) is 30.3 Å². The summed E-state index contributed by atoms with van der Waals surface area (Å²) >= 11 is 0. The van der Waals surface area contributed by atoms with Crippen molar-refractivity contribution in [1.82, 2.24) is 15.1 Å². The van der Waals surface area contributed by atoms with E-state index in [4.69, 9.17) is 0 Å². The molecular weight excluding hydrogens is 274 g/mol. The largest absolute Gasteiger partial charge is 0.355 e. The molecule has 122 valence electrons. The van der Waals surface area contributed by atoms with Gasteiger partial charge in [0.1, 0.15) is 0 Å². The van der Waals surface area contributed by atoms with Gasteiger partial charge < -0.3 is 5.32 Å². The quantitative estimate of drug-likeness (QED) is 0.747. The highest BCUT2D eigenvalue weighted by Crippen LogP contribution is 2.08. The third-order valence-electron chi connectivity index (χ3n) is 4.18. The highest BCUT2D eigenvalue weighted by atomic mass is 16.2. The van der Waals surface area contributed by atoms with Crippen LogP contribution in [-0.2, 0) is 11.3 Å². The fraction of sp³-hybridized carbons (Fsp3) is 0.611. The number of rotatable bonds is 8. The lowest BCUT2D eigenvalue weighted by Gasteiger charge is -2.34. The minimum atomic E-state index is 0.174. The van der Waals surface area contributed by atoms with E-state index in [-0.39, 0.29) is 5.91 Å². The van der Waals surface area contributed by atoms with Crippen LogP contribution in [0.3, 0.4) is 0 Å². The predicted octanol–water partition coefficient (Wildman–Crippen LogP) is 2.11. The molecule has 1 heterocycles. The second-order valence-corrected chi connectivity index (χ2v) is 6.09. The summed E-state index contributed by atoms with van der Waals surface area (Å²) in [7, 11) is 0. The van der Waals surface area contributed by atoms with Crippen molar-refractivity contribution in [2.75, 3.05) is 39.3 Å². The van der Waals surface area contributed by atoms with Crippen LogP contribution in [0.4, 0.5) is 0 Å². The minimum Gasteiger partial charge on any atom is -0.355 e. The van der Waals surface area contributed by atoms with Gasteiger partial charge in [-0.15, -0.1) is 0 Å². The zero-order valence-corrected chi connectivity index (χ0v) is 13.8. The fourth-order valence-electron chi connectivity index (χ4n) is 2.81. The fourth-order valence-corrected chi connectivity index (χ4v) is 2.81. The number of nitrogens with zero attached hydrogens (tertiary/aromatic N) is 2. The molecule has 1 aliphatic heterocycles. The molecule has 0 unspecified atom stereocenters. The summed E-state index contributed by atoms with van der Waals surface area (Å²) < 4.78 is 0. The number of carbonyl (C=O) groups is 1. The average Bonchev–Trinajstić information content (AvgIpc) is 2.54. The predicted molar refractivity (Wildman–Crippen MR) is 90.7 cm³/mol. The van der Waals surface area contributed by atoms with Gasteiger partial charge in [0.2, 0.25) is 5.91 Å². The Morgan fingerprint density at radius 2 is 1.73 bits per heavy atom. The van der Waals surface area contributed by atoms with Crippen LogP contribution in [0.5, 0.6) is 0 Å². The molecule has 22 heavy (non-hydrogen) atoms.